The number of benzene rings is 3. The van der Waals surface area contributed by atoms with Crippen molar-refractivity contribution in [1.82, 2.24) is 9.66 Å². The summed E-state index contributed by atoms with van der Waals surface area (Å²) in [5.74, 6) is 1.32. The van der Waals surface area contributed by atoms with Crippen molar-refractivity contribution in [3.05, 3.63) is 99.4 Å². The second-order valence-corrected chi connectivity index (χ2v) is 12.1. The molecule has 3 aromatic carbocycles. The van der Waals surface area contributed by atoms with Crippen LogP contribution in [0, 0.1) is 10.1 Å². The van der Waals surface area contributed by atoms with Gasteiger partial charge in [0.2, 0.25) is 0 Å². The quantitative estimate of drug-likeness (QED) is 0.112. The van der Waals surface area contributed by atoms with Gasteiger partial charge in [-0.3, -0.25) is 14.9 Å². The summed E-state index contributed by atoms with van der Waals surface area (Å²) in [5, 5.41) is 16.1. The maximum Gasteiger partial charge on any atom is 0.282 e. The van der Waals surface area contributed by atoms with Crippen LogP contribution in [0.25, 0.3) is 10.9 Å². The monoisotopic (exact) mass is 720 g/mol. The van der Waals surface area contributed by atoms with Crippen LogP contribution in [-0.2, 0) is 12.0 Å². The number of nitro groups is 1. The van der Waals surface area contributed by atoms with Gasteiger partial charge in [0.05, 0.1) is 33.6 Å². The van der Waals surface area contributed by atoms with Gasteiger partial charge in [-0.25, -0.2) is 4.98 Å². The normalized spacial score (nSPS) is 11.8. The second-order valence-electron chi connectivity index (χ2n) is 9.55. The van der Waals surface area contributed by atoms with Crippen LogP contribution in [0.3, 0.4) is 0 Å². The molecule has 202 valence electrons. The lowest BCUT2D eigenvalue weighted by molar-refractivity contribution is -0.384. The molecule has 9 nitrogen and oxygen atoms in total. The van der Waals surface area contributed by atoms with Gasteiger partial charge in [0.15, 0.2) is 11.5 Å². The van der Waals surface area contributed by atoms with Crippen LogP contribution in [0.1, 0.15) is 37.7 Å². The van der Waals surface area contributed by atoms with Crippen LogP contribution < -0.4 is 15.0 Å². The zero-order chi connectivity index (χ0) is 28.5. The summed E-state index contributed by atoms with van der Waals surface area (Å²) in [6.45, 7) is 5.98. The number of rotatable bonds is 7. The van der Waals surface area contributed by atoms with E-state index in [9.17, 15) is 14.9 Å². The van der Waals surface area contributed by atoms with Crippen LogP contribution in [0.15, 0.2) is 71.8 Å². The summed E-state index contributed by atoms with van der Waals surface area (Å²) in [4.78, 5) is 28.8. The lowest BCUT2D eigenvalue weighted by atomic mass is 9.95. The third-order valence-corrected chi connectivity index (χ3v) is 8.31. The van der Waals surface area contributed by atoms with E-state index in [1.165, 1.54) is 23.9 Å². The van der Waals surface area contributed by atoms with E-state index in [0.717, 1.165) is 4.47 Å². The van der Waals surface area contributed by atoms with Gasteiger partial charge in [-0.1, -0.05) is 48.8 Å². The number of halogens is 3. The van der Waals surface area contributed by atoms with Crippen LogP contribution >= 0.6 is 47.8 Å². The summed E-state index contributed by atoms with van der Waals surface area (Å²) in [6.07, 6.45) is 1.55. The molecule has 0 amide bonds. The smallest absolute Gasteiger partial charge is 0.282 e. The Bertz CT molecular complexity index is 1680. The van der Waals surface area contributed by atoms with E-state index in [4.69, 9.17) is 14.5 Å². The van der Waals surface area contributed by atoms with Crippen molar-refractivity contribution >= 4 is 70.6 Å². The number of ether oxygens (including phenoxy) is 2. The Balaban J connectivity index is 1.74. The van der Waals surface area contributed by atoms with Crippen LogP contribution in [0.4, 0.5) is 5.69 Å². The molecular weight excluding hydrogens is 700 g/mol. The number of hydrogen-bond donors (Lipinski definition) is 0. The lowest BCUT2D eigenvalue weighted by Gasteiger charge is -2.21. The van der Waals surface area contributed by atoms with E-state index in [1.807, 2.05) is 26.8 Å². The van der Waals surface area contributed by atoms with Gasteiger partial charge in [0.25, 0.3) is 11.2 Å². The van der Waals surface area contributed by atoms with Gasteiger partial charge in [-0.05, 0) is 61.7 Å². The predicted octanol–water partition coefficient (Wildman–Crippen LogP) is 7.36. The largest absolute Gasteiger partial charge is 0.493 e. The second kappa shape index (κ2) is 11.6. The molecule has 0 unspecified atom stereocenters. The molecule has 4 aromatic rings. The number of fused-ring (bicyclic) bond motifs is 1. The summed E-state index contributed by atoms with van der Waals surface area (Å²) in [5.41, 5.74) is 1.07. The van der Waals surface area contributed by atoms with Gasteiger partial charge in [-0.2, -0.15) is 9.78 Å². The number of nitro benzene ring substituents is 1. The van der Waals surface area contributed by atoms with Crippen molar-refractivity contribution in [3.63, 3.8) is 0 Å². The first-order chi connectivity index (χ1) is 18.4. The minimum absolute atomic E-state index is 0.0183. The summed E-state index contributed by atoms with van der Waals surface area (Å²) >= 11 is 10.6. The Morgan fingerprint density at radius 3 is 2.51 bits per heavy atom. The SMILES string of the molecule is COc1cc(C=Nn2c(C(C)(C)C)nc3ccc(Br)cc3c2=O)c(Br)c(Br)c1OCc1cccc([N+](=O)[O-])c1. The first-order valence-corrected chi connectivity index (χ1v) is 14.0. The van der Waals surface area contributed by atoms with Crippen molar-refractivity contribution in [3.8, 4) is 11.5 Å². The maximum atomic E-state index is 13.5. The van der Waals surface area contributed by atoms with Gasteiger partial charge < -0.3 is 9.47 Å². The van der Waals surface area contributed by atoms with E-state index in [1.54, 1.807) is 36.5 Å². The molecule has 4 rings (SSSR count). The average molecular weight is 723 g/mol. The number of non-ortho nitro benzene ring substituents is 1. The molecule has 0 aliphatic rings. The van der Waals surface area contributed by atoms with E-state index in [0.29, 0.717) is 48.3 Å². The lowest BCUT2D eigenvalue weighted by Crippen LogP contribution is -2.29. The highest BCUT2D eigenvalue weighted by Gasteiger charge is 2.23. The van der Waals surface area contributed by atoms with Crippen molar-refractivity contribution in [2.75, 3.05) is 7.11 Å². The predicted molar refractivity (Wildman–Crippen MR) is 161 cm³/mol. The molecule has 0 aliphatic carbocycles. The van der Waals surface area contributed by atoms with Gasteiger partial charge in [0.1, 0.15) is 12.4 Å². The zero-order valence-corrected chi connectivity index (χ0v) is 26.1. The fourth-order valence-electron chi connectivity index (χ4n) is 3.76. The van der Waals surface area contributed by atoms with Crippen molar-refractivity contribution in [2.24, 2.45) is 5.10 Å². The van der Waals surface area contributed by atoms with Gasteiger partial charge >= 0.3 is 0 Å². The Hall–Kier alpha value is -3.09. The van der Waals surface area contributed by atoms with E-state index in [2.05, 4.69) is 52.9 Å². The third-order valence-electron chi connectivity index (χ3n) is 5.67. The molecule has 0 saturated heterocycles. The minimum atomic E-state index is -0.461. The average Bonchev–Trinajstić information content (AvgIpc) is 2.89. The molecule has 0 atom stereocenters. The minimum Gasteiger partial charge on any atom is -0.493 e. The highest BCUT2D eigenvalue weighted by atomic mass is 79.9. The summed E-state index contributed by atoms with van der Waals surface area (Å²) < 4.78 is 14.8. The van der Waals surface area contributed by atoms with E-state index >= 15 is 0 Å². The molecular formula is C27H23Br3N4O5. The molecule has 0 fully saturated rings. The molecule has 0 saturated carbocycles. The Morgan fingerprint density at radius 2 is 1.85 bits per heavy atom. The summed E-state index contributed by atoms with van der Waals surface area (Å²) in [6, 6.07) is 13.3. The van der Waals surface area contributed by atoms with E-state index in [-0.39, 0.29) is 17.9 Å². The van der Waals surface area contributed by atoms with Crippen LogP contribution in [0.2, 0.25) is 0 Å². The highest BCUT2D eigenvalue weighted by Crippen LogP contribution is 2.42. The Morgan fingerprint density at radius 1 is 1.10 bits per heavy atom. The standard InChI is InChI=1S/C27H23Br3N4O5/c1-27(2,3)26-32-20-9-8-17(28)12-19(20)25(35)33(26)31-13-16-11-21(38-4)24(23(30)22(16)29)39-14-15-6-5-7-18(10-15)34(36)37/h5-13H,14H2,1-4H3. The fraction of sp³-hybridized carbons (Fsp3) is 0.222. The molecule has 1 heterocycles. The highest BCUT2D eigenvalue weighted by molar-refractivity contribution is 9.13. The van der Waals surface area contributed by atoms with Crippen molar-refractivity contribution in [2.45, 2.75) is 32.8 Å². The molecule has 39 heavy (non-hydrogen) atoms. The summed E-state index contributed by atoms with van der Waals surface area (Å²) in [7, 11) is 1.50. The Labute approximate surface area is 249 Å². The zero-order valence-electron chi connectivity index (χ0n) is 21.4. The van der Waals surface area contributed by atoms with Crippen LogP contribution in [-0.4, -0.2) is 27.9 Å². The Kier molecular flexibility index (Phi) is 8.57. The third kappa shape index (κ3) is 6.23. The van der Waals surface area contributed by atoms with E-state index < -0.39 is 10.3 Å². The first-order valence-electron chi connectivity index (χ1n) is 11.6. The molecule has 0 N–H and O–H groups in total. The van der Waals surface area contributed by atoms with Gasteiger partial charge in [0, 0.05) is 32.1 Å². The number of hydrogen-bond acceptors (Lipinski definition) is 7. The number of aromatic nitrogens is 2. The van der Waals surface area contributed by atoms with Crippen molar-refractivity contribution in [1.29, 1.82) is 0 Å². The molecule has 1 aromatic heterocycles. The molecule has 0 radical (unpaired) electrons. The number of methoxy groups -OCH3 is 1. The molecule has 12 heteroatoms. The molecule has 0 aliphatic heterocycles. The van der Waals surface area contributed by atoms with Crippen molar-refractivity contribution < 1.29 is 14.4 Å². The van der Waals surface area contributed by atoms with Crippen LogP contribution in [0.5, 0.6) is 11.5 Å². The molecule has 0 spiro atoms. The maximum absolute atomic E-state index is 13.5. The number of nitrogens with zero attached hydrogens (tertiary/aromatic N) is 4. The fourth-order valence-corrected chi connectivity index (χ4v) is 5.06. The molecule has 0 bridgehead atoms. The first kappa shape index (κ1) is 28.9. The van der Waals surface area contributed by atoms with Gasteiger partial charge in [-0.15, -0.1) is 0 Å². The topological polar surface area (TPSA) is 109 Å².